The van der Waals surface area contributed by atoms with E-state index in [1.807, 2.05) is 0 Å². The third kappa shape index (κ3) is 2.80. The molecule has 2 aromatic rings. The molecule has 1 aliphatic rings. The highest BCUT2D eigenvalue weighted by Crippen LogP contribution is 2.20. The van der Waals surface area contributed by atoms with Gasteiger partial charge in [0.15, 0.2) is 0 Å². The van der Waals surface area contributed by atoms with Crippen LogP contribution in [-0.2, 0) is 11.3 Å². The van der Waals surface area contributed by atoms with Crippen LogP contribution < -0.4 is 16.1 Å². The molecule has 3 rings (SSSR count). The summed E-state index contributed by atoms with van der Waals surface area (Å²) >= 11 is 0. The first-order valence-corrected chi connectivity index (χ1v) is 7.58. The number of carbonyl (C=O) groups is 2. The molecule has 0 aliphatic carbocycles. The van der Waals surface area contributed by atoms with Gasteiger partial charge in [0, 0.05) is 18.4 Å². The molecule has 2 heterocycles. The number of carboxylic acids is 1. The number of nitrogens with zero attached hydrogens (tertiary/aromatic N) is 3. The van der Waals surface area contributed by atoms with Gasteiger partial charge in [0.05, 0.1) is 12.2 Å². The summed E-state index contributed by atoms with van der Waals surface area (Å²) in [7, 11) is 0. The van der Waals surface area contributed by atoms with Gasteiger partial charge in [-0.15, -0.1) is 0 Å². The van der Waals surface area contributed by atoms with E-state index < -0.39 is 28.9 Å². The summed E-state index contributed by atoms with van der Waals surface area (Å²) in [6.07, 6.45) is 0.566. The second-order valence-electron chi connectivity index (χ2n) is 5.33. The molecule has 9 heteroatoms. The Hall–Kier alpha value is -3.36. The van der Waals surface area contributed by atoms with Crippen molar-refractivity contribution < 1.29 is 19.4 Å². The normalized spacial score (nSPS) is 13.8. The lowest BCUT2D eigenvalue weighted by Crippen LogP contribution is -2.41. The van der Waals surface area contributed by atoms with Gasteiger partial charge in [-0.2, -0.15) is 0 Å². The van der Waals surface area contributed by atoms with Gasteiger partial charge in [0.2, 0.25) is 0 Å². The smallest absolute Gasteiger partial charge is 0.414 e. The maximum atomic E-state index is 12.4. The van der Waals surface area contributed by atoms with E-state index in [0.29, 0.717) is 24.5 Å². The van der Waals surface area contributed by atoms with Crippen molar-refractivity contribution in [3.05, 3.63) is 56.9 Å². The molecule has 0 unspecified atom stereocenters. The summed E-state index contributed by atoms with van der Waals surface area (Å²) in [6, 6.07) is 6.38. The molecule has 25 heavy (non-hydrogen) atoms. The van der Waals surface area contributed by atoms with Crippen LogP contribution in [-0.4, -0.2) is 39.5 Å². The van der Waals surface area contributed by atoms with E-state index in [4.69, 9.17) is 4.74 Å². The van der Waals surface area contributed by atoms with Gasteiger partial charge in [-0.3, -0.25) is 18.8 Å². The first kappa shape index (κ1) is 16.5. The minimum atomic E-state index is -1.41. The summed E-state index contributed by atoms with van der Waals surface area (Å²) in [5, 5.41) is 9.18. The average molecular weight is 345 g/mol. The van der Waals surface area contributed by atoms with E-state index in [1.165, 1.54) is 4.90 Å². The first-order valence-electron chi connectivity index (χ1n) is 7.58. The van der Waals surface area contributed by atoms with E-state index in [9.17, 15) is 24.3 Å². The van der Waals surface area contributed by atoms with E-state index in [-0.39, 0.29) is 6.54 Å². The van der Waals surface area contributed by atoms with Gasteiger partial charge < -0.3 is 9.84 Å². The van der Waals surface area contributed by atoms with Crippen LogP contribution in [0, 0.1) is 0 Å². The van der Waals surface area contributed by atoms with Crippen molar-refractivity contribution in [3.8, 4) is 5.69 Å². The fraction of sp³-hybridized carbons (Fsp3) is 0.250. The Morgan fingerprint density at radius 1 is 1.16 bits per heavy atom. The zero-order valence-electron chi connectivity index (χ0n) is 13.3. The van der Waals surface area contributed by atoms with Gasteiger partial charge in [0.25, 0.3) is 5.56 Å². The van der Waals surface area contributed by atoms with Crippen LogP contribution in [0.4, 0.5) is 10.5 Å². The SMILES string of the molecule is CCn1c(=O)c(C(=O)O)cn(-c2ccc(N3CCOC3=O)cc2)c1=O. The number of cyclic esters (lactones) is 1. The molecule has 0 bridgehead atoms. The van der Waals surface area contributed by atoms with Crippen LogP contribution in [0.1, 0.15) is 17.3 Å². The molecule has 1 aromatic heterocycles. The number of ether oxygens (including phenoxy) is 1. The second kappa shape index (κ2) is 6.27. The van der Waals surface area contributed by atoms with Crippen LogP contribution in [0.3, 0.4) is 0 Å². The van der Waals surface area contributed by atoms with Crippen molar-refractivity contribution in [3.63, 3.8) is 0 Å². The van der Waals surface area contributed by atoms with E-state index >= 15 is 0 Å². The van der Waals surface area contributed by atoms with E-state index in [0.717, 1.165) is 15.3 Å². The number of aromatic nitrogens is 2. The minimum Gasteiger partial charge on any atom is -0.477 e. The minimum absolute atomic E-state index is 0.0521. The lowest BCUT2D eigenvalue weighted by atomic mass is 10.2. The van der Waals surface area contributed by atoms with Crippen molar-refractivity contribution in [1.29, 1.82) is 0 Å². The lowest BCUT2D eigenvalue weighted by molar-refractivity contribution is 0.0693. The van der Waals surface area contributed by atoms with Gasteiger partial charge >= 0.3 is 17.8 Å². The summed E-state index contributed by atoms with van der Waals surface area (Å²) in [4.78, 5) is 48.7. The molecule has 1 fully saturated rings. The molecule has 0 atom stereocenters. The maximum absolute atomic E-state index is 12.4. The molecule has 9 nitrogen and oxygen atoms in total. The molecule has 1 saturated heterocycles. The maximum Gasteiger partial charge on any atom is 0.414 e. The molecular formula is C16H15N3O6. The zero-order valence-corrected chi connectivity index (χ0v) is 13.3. The number of anilines is 1. The Kier molecular flexibility index (Phi) is 4.14. The number of benzene rings is 1. The third-order valence-electron chi connectivity index (χ3n) is 3.92. The highest BCUT2D eigenvalue weighted by molar-refractivity contribution is 5.89. The molecule has 1 N–H and O–H groups in total. The summed E-state index contributed by atoms with van der Waals surface area (Å²) in [5.74, 6) is -1.41. The zero-order chi connectivity index (χ0) is 18.1. The molecule has 0 saturated carbocycles. The molecule has 130 valence electrons. The summed E-state index contributed by atoms with van der Waals surface area (Å²) in [6.45, 7) is 2.38. The standard InChI is InChI=1S/C16H15N3O6/c1-2-17-13(20)12(14(21)22)9-19(15(17)23)11-5-3-10(4-6-11)18-7-8-25-16(18)24/h3-6,9H,2,7-8H2,1H3,(H,21,22). The lowest BCUT2D eigenvalue weighted by Gasteiger charge is -2.14. The monoisotopic (exact) mass is 345 g/mol. The Balaban J connectivity index is 2.09. The second-order valence-corrected chi connectivity index (χ2v) is 5.33. The van der Waals surface area contributed by atoms with Gasteiger partial charge in [-0.1, -0.05) is 0 Å². The number of carboxylic acid groups (broad SMARTS) is 1. The van der Waals surface area contributed by atoms with Crippen molar-refractivity contribution in [2.45, 2.75) is 13.5 Å². The Bertz CT molecular complexity index is 957. The van der Waals surface area contributed by atoms with E-state index in [2.05, 4.69) is 0 Å². The topological polar surface area (TPSA) is 111 Å². The van der Waals surface area contributed by atoms with Crippen molar-refractivity contribution in [2.24, 2.45) is 0 Å². The Morgan fingerprint density at radius 3 is 2.32 bits per heavy atom. The molecule has 1 amide bonds. The van der Waals surface area contributed by atoms with Gasteiger partial charge in [-0.05, 0) is 31.2 Å². The van der Waals surface area contributed by atoms with Crippen LogP contribution in [0.2, 0.25) is 0 Å². The largest absolute Gasteiger partial charge is 0.477 e. The number of rotatable bonds is 4. The predicted molar refractivity (Wildman–Crippen MR) is 87.6 cm³/mol. The van der Waals surface area contributed by atoms with Crippen LogP contribution in [0.15, 0.2) is 40.1 Å². The number of aromatic carboxylic acids is 1. The molecule has 1 aromatic carbocycles. The fourth-order valence-electron chi connectivity index (χ4n) is 2.63. The first-order chi connectivity index (χ1) is 11.9. The molecule has 0 spiro atoms. The number of amides is 1. The Morgan fingerprint density at radius 2 is 1.80 bits per heavy atom. The quantitative estimate of drug-likeness (QED) is 0.872. The highest BCUT2D eigenvalue weighted by Gasteiger charge is 2.23. The third-order valence-corrected chi connectivity index (χ3v) is 3.92. The summed E-state index contributed by atoms with van der Waals surface area (Å²) < 4.78 is 6.82. The van der Waals surface area contributed by atoms with Crippen molar-refractivity contribution in [1.82, 2.24) is 9.13 Å². The highest BCUT2D eigenvalue weighted by atomic mass is 16.6. The molecule has 1 aliphatic heterocycles. The van der Waals surface area contributed by atoms with Crippen LogP contribution in [0.5, 0.6) is 0 Å². The predicted octanol–water partition coefficient (Wildman–Crippen LogP) is 0.674. The fourth-order valence-corrected chi connectivity index (χ4v) is 2.63. The van der Waals surface area contributed by atoms with Crippen LogP contribution in [0.25, 0.3) is 5.69 Å². The number of carbonyl (C=O) groups excluding carboxylic acids is 1. The van der Waals surface area contributed by atoms with E-state index in [1.54, 1.807) is 31.2 Å². The summed E-state index contributed by atoms with van der Waals surface area (Å²) in [5.41, 5.74) is -0.986. The van der Waals surface area contributed by atoms with Crippen LogP contribution >= 0.6 is 0 Å². The number of hydrogen-bond acceptors (Lipinski definition) is 5. The molecular weight excluding hydrogens is 330 g/mol. The van der Waals surface area contributed by atoms with Gasteiger partial charge in [-0.25, -0.2) is 14.4 Å². The van der Waals surface area contributed by atoms with Crippen molar-refractivity contribution >= 4 is 17.7 Å². The average Bonchev–Trinajstić information content (AvgIpc) is 3.01. The Labute approximate surface area is 141 Å². The van der Waals surface area contributed by atoms with Gasteiger partial charge in [0.1, 0.15) is 12.2 Å². The van der Waals surface area contributed by atoms with Crippen molar-refractivity contribution in [2.75, 3.05) is 18.1 Å². The molecule has 0 radical (unpaired) electrons. The number of hydrogen-bond donors (Lipinski definition) is 1.